The molecule has 1 amide bonds. The van der Waals surface area contributed by atoms with Gasteiger partial charge in [0.1, 0.15) is 0 Å². The SMILES string of the molecule is CSC1CCC(NC(=O)C2CCNC(C)C2)CC1. The molecule has 0 aromatic heterocycles. The normalized spacial score (nSPS) is 37.2. The predicted octanol–water partition coefficient (Wildman–Crippen LogP) is 2.16. The maximum atomic E-state index is 12.2. The van der Waals surface area contributed by atoms with Crippen molar-refractivity contribution in [2.45, 2.75) is 62.8 Å². The van der Waals surface area contributed by atoms with Crippen molar-refractivity contribution < 1.29 is 4.79 Å². The molecule has 3 nitrogen and oxygen atoms in total. The lowest BCUT2D eigenvalue weighted by atomic mass is 9.90. The van der Waals surface area contributed by atoms with Gasteiger partial charge in [-0.25, -0.2) is 0 Å². The second-order valence-electron chi connectivity index (χ2n) is 5.79. The van der Waals surface area contributed by atoms with Crippen LogP contribution in [0.3, 0.4) is 0 Å². The van der Waals surface area contributed by atoms with E-state index in [0.29, 0.717) is 18.0 Å². The molecule has 0 aromatic rings. The number of rotatable bonds is 3. The molecule has 1 saturated heterocycles. The highest BCUT2D eigenvalue weighted by Gasteiger charge is 2.28. The van der Waals surface area contributed by atoms with Crippen molar-refractivity contribution in [2.75, 3.05) is 12.8 Å². The molecule has 18 heavy (non-hydrogen) atoms. The van der Waals surface area contributed by atoms with Crippen molar-refractivity contribution in [3.8, 4) is 0 Å². The molecule has 1 heterocycles. The Morgan fingerprint density at radius 2 is 1.94 bits per heavy atom. The molecule has 2 aliphatic rings. The molecule has 2 atom stereocenters. The molecule has 0 aromatic carbocycles. The van der Waals surface area contributed by atoms with Crippen LogP contribution >= 0.6 is 11.8 Å². The third-order valence-electron chi connectivity index (χ3n) is 4.35. The Hall–Kier alpha value is -0.220. The van der Waals surface area contributed by atoms with Crippen LogP contribution in [0, 0.1) is 5.92 Å². The van der Waals surface area contributed by atoms with Crippen LogP contribution in [-0.2, 0) is 4.79 Å². The van der Waals surface area contributed by atoms with Crippen molar-refractivity contribution >= 4 is 17.7 Å². The molecule has 1 aliphatic carbocycles. The zero-order valence-corrected chi connectivity index (χ0v) is 12.4. The number of carbonyl (C=O) groups excluding carboxylic acids is 1. The summed E-state index contributed by atoms with van der Waals surface area (Å²) in [5.41, 5.74) is 0. The van der Waals surface area contributed by atoms with E-state index < -0.39 is 0 Å². The number of carbonyl (C=O) groups is 1. The summed E-state index contributed by atoms with van der Waals surface area (Å²) >= 11 is 1.97. The number of thioether (sulfide) groups is 1. The average Bonchev–Trinajstić information content (AvgIpc) is 2.39. The average molecular weight is 270 g/mol. The number of piperidine rings is 1. The maximum absolute atomic E-state index is 12.2. The van der Waals surface area contributed by atoms with Gasteiger partial charge in [-0.15, -0.1) is 0 Å². The monoisotopic (exact) mass is 270 g/mol. The number of hydrogen-bond donors (Lipinski definition) is 2. The quantitative estimate of drug-likeness (QED) is 0.826. The van der Waals surface area contributed by atoms with Crippen molar-refractivity contribution in [3.63, 3.8) is 0 Å². The smallest absolute Gasteiger partial charge is 0.223 e. The first-order valence-electron chi connectivity index (χ1n) is 7.25. The largest absolute Gasteiger partial charge is 0.353 e. The van der Waals surface area contributed by atoms with E-state index in [9.17, 15) is 4.79 Å². The minimum atomic E-state index is 0.236. The van der Waals surface area contributed by atoms with Crippen molar-refractivity contribution in [2.24, 2.45) is 5.92 Å². The van der Waals surface area contributed by atoms with Crippen LogP contribution in [0.1, 0.15) is 45.4 Å². The minimum absolute atomic E-state index is 0.236. The molecule has 2 fully saturated rings. The van der Waals surface area contributed by atoms with Gasteiger partial charge in [-0.3, -0.25) is 4.79 Å². The Labute approximate surface area is 115 Å². The first-order valence-corrected chi connectivity index (χ1v) is 8.54. The van der Waals surface area contributed by atoms with Crippen molar-refractivity contribution in [1.29, 1.82) is 0 Å². The fourth-order valence-corrected chi connectivity index (χ4v) is 3.88. The summed E-state index contributed by atoms with van der Waals surface area (Å²) in [5.74, 6) is 0.537. The van der Waals surface area contributed by atoms with Gasteiger partial charge in [0.15, 0.2) is 0 Å². The summed E-state index contributed by atoms with van der Waals surface area (Å²) in [5, 5.41) is 7.50. The Balaban J connectivity index is 1.74. The Morgan fingerprint density at radius 1 is 1.22 bits per heavy atom. The van der Waals surface area contributed by atoms with Crippen LogP contribution in [0.4, 0.5) is 0 Å². The molecule has 2 unspecified atom stereocenters. The lowest BCUT2D eigenvalue weighted by Crippen LogP contribution is -2.46. The lowest BCUT2D eigenvalue weighted by Gasteiger charge is -2.31. The van der Waals surface area contributed by atoms with Gasteiger partial charge in [0.25, 0.3) is 0 Å². The first-order chi connectivity index (χ1) is 8.69. The number of nitrogens with one attached hydrogen (secondary N) is 2. The van der Waals surface area contributed by atoms with Crippen LogP contribution in [-0.4, -0.2) is 36.0 Å². The molecule has 0 radical (unpaired) electrons. The highest BCUT2D eigenvalue weighted by Crippen LogP contribution is 2.27. The summed E-state index contributed by atoms with van der Waals surface area (Å²) in [6.45, 7) is 3.15. The molecule has 104 valence electrons. The minimum Gasteiger partial charge on any atom is -0.353 e. The van der Waals surface area contributed by atoms with Gasteiger partial charge in [0, 0.05) is 23.3 Å². The first kappa shape index (κ1) is 14.2. The fraction of sp³-hybridized carbons (Fsp3) is 0.929. The molecule has 2 rings (SSSR count). The van der Waals surface area contributed by atoms with Crippen LogP contribution in [0.2, 0.25) is 0 Å². The van der Waals surface area contributed by atoms with Crippen molar-refractivity contribution in [1.82, 2.24) is 10.6 Å². The van der Waals surface area contributed by atoms with Crippen LogP contribution in [0.25, 0.3) is 0 Å². The van der Waals surface area contributed by atoms with E-state index in [0.717, 1.165) is 37.5 Å². The second-order valence-corrected chi connectivity index (χ2v) is 6.93. The number of hydrogen-bond acceptors (Lipinski definition) is 3. The molecule has 1 aliphatic heterocycles. The number of amides is 1. The van der Waals surface area contributed by atoms with E-state index >= 15 is 0 Å². The summed E-state index contributed by atoms with van der Waals surface area (Å²) in [7, 11) is 0. The van der Waals surface area contributed by atoms with Gasteiger partial charge >= 0.3 is 0 Å². The van der Waals surface area contributed by atoms with E-state index in [-0.39, 0.29) is 5.92 Å². The zero-order chi connectivity index (χ0) is 13.0. The van der Waals surface area contributed by atoms with E-state index in [2.05, 4.69) is 23.8 Å². The van der Waals surface area contributed by atoms with Crippen LogP contribution in [0.15, 0.2) is 0 Å². The molecule has 0 bridgehead atoms. The standard InChI is InChI=1S/C14H26N2OS/c1-10-9-11(7-8-15-10)14(17)16-12-3-5-13(18-2)6-4-12/h10-13,15H,3-9H2,1-2H3,(H,16,17). The van der Waals surface area contributed by atoms with Gasteiger partial charge in [-0.2, -0.15) is 11.8 Å². The van der Waals surface area contributed by atoms with Gasteiger partial charge in [0.2, 0.25) is 5.91 Å². The van der Waals surface area contributed by atoms with Gasteiger partial charge in [0.05, 0.1) is 0 Å². The Kier molecular flexibility index (Phi) is 5.37. The lowest BCUT2D eigenvalue weighted by molar-refractivity contribution is -0.127. The van der Waals surface area contributed by atoms with Crippen molar-refractivity contribution in [3.05, 3.63) is 0 Å². The Morgan fingerprint density at radius 3 is 2.56 bits per heavy atom. The fourth-order valence-electron chi connectivity index (χ4n) is 3.13. The predicted molar refractivity (Wildman–Crippen MR) is 77.9 cm³/mol. The van der Waals surface area contributed by atoms with E-state index in [4.69, 9.17) is 0 Å². The molecular formula is C14H26N2OS. The maximum Gasteiger partial charge on any atom is 0.223 e. The summed E-state index contributed by atoms with van der Waals surface area (Å²) < 4.78 is 0. The summed E-state index contributed by atoms with van der Waals surface area (Å²) in [4.78, 5) is 12.2. The van der Waals surface area contributed by atoms with Gasteiger partial charge < -0.3 is 10.6 Å². The summed E-state index contributed by atoms with van der Waals surface area (Å²) in [6.07, 6.45) is 9.03. The second kappa shape index (κ2) is 6.80. The third-order valence-corrected chi connectivity index (χ3v) is 5.49. The topological polar surface area (TPSA) is 41.1 Å². The summed E-state index contributed by atoms with van der Waals surface area (Å²) in [6, 6.07) is 0.924. The van der Waals surface area contributed by atoms with E-state index in [1.807, 2.05) is 11.8 Å². The van der Waals surface area contributed by atoms with Crippen LogP contribution < -0.4 is 10.6 Å². The zero-order valence-electron chi connectivity index (χ0n) is 11.6. The molecule has 1 saturated carbocycles. The highest BCUT2D eigenvalue weighted by molar-refractivity contribution is 7.99. The molecule has 2 N–H and O–H groups in total. The van der Waals surface area contributed by atoms with Gasteiger partial charge in [-0.1, -0.05) is 0 Å². The molecular weight excluding hydrogens is 244 g/mol. The van der Waals surface area contributed by atoms with E-state index in [1.54, 1.807) is 0 Å². The highest BCUT2D eigenvalue weighted by atomic mass is 32.2. The molecule has 0 spiro atoms. The van der Waals surface area contributed by atoms with E-state index in [1.165, 1.54) is 12.8 Å². The Bertz CT molecular complexity index is 277. The van der Waals surface area contributed by atoms with Crippen LogP contribution in [0.5, 0.6) is 0 Å². The van der Waals surface area contributed by atoms with Gasteiger partial charge in [-0.05, 0) is 58.2 Å². The third kappa shape index (κ3) is 3.89. The molecule has 4 heteroatoms.